The number of hydrogen-bond acceptors (Lipinski definition) is 1. The van der Waals surface area contributed by atoms with E-state index in [0.717, 1.165) is 6.54 Å². The summed E-state index contributed by atoms with van der Waals surface area (Å²) in [6.07, 6.45) is 0. The highest BCUT2D eigenvalue weighted by Gasteiger charge is 1.90. The molecule has 0 aliphatic heterocycles. The zero-order valence-corrected chi connectivity index (χ0v) is 6.52. The summed E-state index contributed by atoms with van der Waals surface area (Å²) in [5.41, 5.74) is 2.55. The molecule has 1 aromatic carbocycles. The minimum Gasteiger partial charge on any atom is -0.385 e. The predicted octanol–water partition coefficient (Wildman–Crippen LogP) is 2.43. The van der Waals surface area contributed by atoms with Crippen LogP contribution in [-0.4, -0.2) is 6.54 Å². The monoisotopic (exact) mass is 135 g/mol. The highest BCUT2D eigenvalue weighted by atomic mass is 14.9. The molecule has 54 valence electrons. The van der Waals surface area contributed by atoms with Crippen LogP contribution in [0.15, 0.2) is 24.3 Å². The van der Waals surface area contributed by atoms with Gasteiger partial charge in [-0.05, 0) is 25.5 Å². The molecule has 1 nitrogen and oxygen atoms in total. The van der Waals surface area contributed by atoms with Gasteiger partial charge in [-0.3, -0.25) is 0 Å². The van der Waals surface area contributed by atoms with Crippen molar-refractivity contribution in [1.29, 1.82) is 0 Å². The molecule has 0 fully saturated rings. The fraction of sp³-hybridized carbons (Fsp3) is 0.333. The summed E-state index contributed by atoms with van der Waals surface area (Å²) in [6, 6.07) is 8.30. The van der Waals surface area contributed by atoms with Crippen molar-refractivity contribution in [2.24, 2.45) is 0 Å². The summed E-state index contributed by atoms with van der Waals surface area (Å²) < 4.78 is 0. The van der Waals surface area contributed by atoms with E-state index in [1.807, 2.05) is 6.07 Å². The highest BCUT2D eigenvalue weighted by Crippen LogP contribution is 2.11. The summed E-state index contributed by atoms with van der Waals surface area (Å²) in [5, 5.41) is 3.28. The average molecular weight is 135 g/mol. The normalized spacial score (nSPS) is 9.40. The van der Waals surface area contributed by atoms with E-state index in [2.05, 4.69) is 37.4 Å². The molecule has 0 radical (unpaired) electrons. The first-order chi connectivity index (χ1) is 4.84. The van der Waals surface area contributed by atoms with Gasteiger partial charge >= 0.3 is 0 Å². The van der Waals surface area contributed by atoms with E-state index >= 15 is 0 Å². The van der Waals surface area contributed by atoms with Gasteiger partial charge in [0, 0.05) is 12.2 Å². The summed E-state index contributed by atoms with van der Waals surface area (Å²) in [5.74, 6) is 0. The third-order valence-corrected chi connectivity index (χ3v) is 1.51. The Labute approximate surface area is 62.1 Å². The Morgan fingerprint density at radius 2 is 2.00 bits per heavy atom. The number of rotatable bonds is 2. The van der Waals surface area contributed by atoms with Crippen LogP contribution in [0.2, 0.25) is 0 Å². The van der Waals surface area contributed by atoms with Crippen LogP contribution < -0.4 is 5.32 Å². The maximum Gasteiger partial charge on any atom is 0.0369 e. The minimum atomic E-state index is 0.991. The van der Waals surface area contributed by atoms with Crippen LogP contribution >= 0.6 is 0 Å². The number of hydrogen-bond donors (Lipinski definition) is 1. The van der Waals surface area contributed by atoms with E-state index in [1.54, 1.807) is 0 Å². The van der Waals surface area contributed by atoms with Crippen molar-refractivity contribution in [1.82, 2.24) is 0 Å². The van der Waals surface area contributed by atoms with Crippen LogP contribution in [0.4, 0.5) is 5.69 Å². The Hall–Kier alpha value is -0.980. The second-order valence-corrected chi connectivity index (χ2v) is 2.35. The van der Waals surface area contributed by atoms with Crippen molar-refractivity contribution in [3.63, 3.8) is 0 Å². The van der Waals surface area contributed by atoms with Gasteiger partial charge in [-0.1, -0.05) is 18.2 Å². The third-order valence-electron chi connectivity index (χ3n) is 1.51. The number of anilines is 1. The van der Waals surface area contributed by atoms with Crippen molar-refractivity contribution < 1.29 is 0 Å². The quantitative estimate of drug-likeness (QED) is 0.656. The number of aryl methyl sites for hydroxylation is 1. The smallest absolute Gasteiger partial charge is 0.0369 e. The molecule has 0 unspecified atom stereocenters. The zero-order valence-electron chi connectivity index (χ0n) is 6.52. The standard InChI is InChI=1S/C9H13N/c1-3-10-9-7-5-4-6-8(9)2/h4-7,10H,3H2,1-2H3. The predicted molar refractivity (Wildman–Crippen MR) is 45.3 cm³/mol. The molecule has 1 aromatic rings. The van der Waals surface area contributed by atoms with Gasteiger partial charge in [-0.15, -0.1) is 0 Å². The summed E-state index contributed by atoms with van der Waals surface area (Å²) in [6.45, 7) is 5.20. The van der Waals surface area contributed by atoms with Gasteiger partial charge in [0.1, 0.15) is 0 Å². The van der Waals surface area contributed by atoms with Crippen LogP contribution in [0.1, 0.15) is 12.5 Å². The molecule has 1 rings (SSSR count). The molecule has 0 bridgehead atoms. The topological polar surface area (TPSA) is 12.0 Å². The third kappa shape index (κ3) is 1.50. The van der Waals surface area contributed by atoms with Crippen molar-refractivity contribution in [3.8, 4) is 0 Å². The molecule has 0 heterocycles. The molecular weight excluding hydrogens is 122 g/mol. The molecule has 1 N–H and O–H groups in total. The van der Waals surface area contributed by atoms with Crippen LogP contribution in [0, 0.1) is 6.92 Å². The SMILES string of the molecule is CCNc1ccccc1C. The van der Waals surface area contributed by atoms with Gasteiger partial charge in [0.15, 0.2) is 0 Å². The number of nitrogens with one attached hydrogen (secondary N) is 1. The fourth-order valence-electron chi connectivity index (χ4n) is 0.962. The van der Waals surface area contributed by atoms with Crippen molar-refractivity contribution >= 4 is 5.69 Å². The first-order valence-corrected chi connectivity index (χ1v) is 3.64. The summed E-state index contributed by atoms with van der Waals surface area (Å²) >= 11 is 0. The Morgan fingerprint density at radius 1 is 1.30 bits per heavy atom. The van der Waals surface area contributed by atoms with E-state index in [9.17, 15) is 0 Å². The van der Waals surface area contributed by atoms with Crippen LogP contribution in [0.5, 0.6) is 0 Å². The lowest BCUT2D eigenvalue weighted by molar-refractivity contribution is 1.20. The lowest BCUT2D eigenvalue weighted by atomic mass is 10.2. The summed E-state index contributed by atoms with van der Waals surface area (Å²) in [4.78, 5) is 0. The second-order valence-electron chi connectivity index (χ2n) is 2.35. The lowest BCUT2D eigenvalue weighted by Gasteiger charge is -2.04. The van der Waals surface area contributed by atoms with Crippen LogP contribution in [0.25, 0.3) is 0 Å². The average Bonchev–Trinajstić information content (AvgIpc) is 1.94. The van der Waals surface area contributed by atoms with Gasteiger partial charge in [-0.25, -0.2) is 0 Å². The lowest BCUT2D eigenvalue weighted by Crippen LogP contribution is -1.97. The minimum absolute atomic E-state index is 0.991. The molecule has 10 heavy (non-hydrogen) atoms. The Bertz CT molecular complexity index is 206. The number of benzene rings is 1. The first-order valence-electron chi connectivity index (χ1n) is 3.64. The van der Waals surface area contributed by atoms with Crippen molar-refractivity contribution in [3.05, 3.63) is 29.8 Å². The fourth-order valence-corrected chi connectivity index (χ4v) is 0.962. The van der Waals surface area contributed by atoms with Crippen LogP contribution in [-0.2, 0) is 0 Å². The van der Waals surface area contributed by atoms with E-state index in [4.69, 9.17) is 0 Å². The van der Waals surface area contributed by atoms with Gasteiger partial charge in [-0.2, -0.15) is 0 Å². The molecular formula is C9H13N. The van der Waals surface area contributed by atoms with Gasteiger partial charge < -0.3 is 5.32 Å². The summed E-state index contributed by atoms with van der Waals surface area (Å²) in [7, 11) is 0. The van der Waals surface area contributed by atoms with Gasteiger partial charge in [0.2, 0.25) is 0 Å². The molecule has 0 atom stereocenters. The Kier molecular flexibility index (Phi) is 2.32. The first kappa shape index (κ1) is 7.13. The van der Waals surface area contributed by atoms with Gasteiger partial charge in [0.25, 0.3) is 0 Å². The van der Waals surface area contributed by atoms with E-state index in [1.165, 1.54) is 11.3 Å². The second kappa shape index (κ2) is 3.25. The Balaban J connectivity index is 2.81. The highest BCUT2D eigenvalue weighted by molar-refractivity contribution is 5.49. The molecule has 0 amide bonds. The van der Waals surface area contributed by atoms with E-state index < -0.39 is 0 Å². The van der Waals surface area contributed by atoms with Crippen molar-refractivity contribution in [2.45, 2.75) is 13.8 Å². The zero-order chi connectivity index (χ0) is 7.40. The maximum absolute atomic E-state index is 3.28. The molecule has 0 saturated heterocycles. The van der Waals surface area contributed by atoms with Gasteiger partial charge in [0.05, 0.1) is 0 Å². The number of para-hydroxylation sites is 1. The molecule has 0 aromatic heterocycles. The molecule has 0 spiro atoms. The molecule has 1 heteroatoms. The molecule has 0 aliphatic carbocycles. The van der Waals surface area contributed by atoms with E-state index in [-0.39, 0.29) is 0 Å². The largest absolute Gasteiger partial charge is 0.385 e. The Morgan fingerprint density at radius 3 is 2.60 bits per heavy atom. The maximum atomic E-state index is 3.28. The van der Waals surface area contributed by atoms with Crippen LogP contribution in [0.3, 0.4) is 0 Å². The molecule has 0 aliphatic rings. The van der Waals surface area contributed by atoms with E-state index in [0.29, 0.717) is 0 Å². The van der Waals surface area contributed by atoms with Crippen molar-refractivity contribution in [2.75, 3.05) is 11.9 Å². The molecule has 0 saturated carbocycles.